The molecule has 1 aromatic carbocycles. The van der Waals surface area contributed by atoms with Crippen LogP contribution in [0.15, 0.2) is 30.5 Å². The summed E-state index contributed by atoms with van der Waals surface area (Å²) in [5, 5.41) is 22.0. The smallest absolute Gasteiger partial charge is 0.256 e. The van der Waals surface area contributed by atoms with Gasteiger partial charge in [0.1, 0.15) is 5.75 Å². The minimum atomic E-state index is -1.37. The van der Waals surface area contributed by atoms with Crippen LogP contribution in [0, 0.1) is 6.92 Å². The lowest BCUT2D eigenvalue weighted by Gasteiger charge is -2.38. The number of methoxy groups -OCH3 is 1. The molecule has 1 aromatic heterocycles. The first-order valence-electron chi connectivity index (χ1n) is 9.22. The molecule has 146 valence electrons. The molecule has 3 rings (SSSR count). The molecule has 0 spiro atoms. The Labute approximate surface area is 159 Å². The number of hydrogen-bond donors (Lipinski definition) is 2. The molecule has 1 fully saturated rings. The van der Waals surface area contributed by atoms with E-state index in [4.69, 9.17) is 4.74 Å². The molecule has 2 N–H and O–H groups in total. The van der Waals surface area contributed by atoms with Crippen molar-refractivity contribution in [3.8, 4) is 5.75 Å². The zero-order valence-electron chi connectivity index (χ0n) is 15.9. The lowest BCUT2D eigenvalue weighted by molar-refractivity contribution is -0.157. The van der Waals surface area contributed by atoms with Gasteiger partial charge in [-0.1, -0.05) is 17.3 Å². The highest BCUT2D eigenvalue weighted by Gasteiger charge is 2.41. The third-order valence-corrected chi connectivity index (χ3v) is 4.80. The van der Waals surface area contributed by atoms with E-state index in [0.29, 0.717) is 32.6 Å². The van der Waals surface area contributed by atoms with E-state index in [0.717, 1.165) is 23.4 Å². The number of aliphatic hydroxyl groups is 1. The first-order chi connectivity index (χ1) is 13.0. The number of aryl methyl sites for hydroxylation is 1. The number of carbonyl (C=O) groups is 1. The van der Waals surface area contributed by atoms with Gasteiger partial charge in [-0.3, -0.25) is 9.48 Å². The summed E-state index contributed by atoms with van der Waals surface area (Å²) in [6.45, 7) is 4.48. The van der Waals surface area contributed by atoms with Crippen LogP contribution in [0.5, 0.6) is 5.75 Å². The van der Waals surface area contributed by atoms with Gasteiger partial charge in [0.25, 0.3) is 5.91 Å². The lowest BCUT2D eigenvalue weighted by Crippen LogP contribution is -2.57. The highest BCUT2D eigenvalue weighted by molar-refractivity contribution is 5.86. The van der Waals surface area contributed by atoms with E-state index >= 15 is 0 Å². The van der Waals surface area contributed by atoms with Gasteiger partial charge >= 0.3 is 0 Å². The average molecular weight is 373 g/mol. The maximum absolute atomic E-state index is 12.9. The number of nitrogens with one attached hydrogen (secondary N) is 1. The second-order valence-electron chi connectivity index (χ2n) is 7.01. The van der Waals surface area contributed by atoms with Crippen LogP contribution in [0.1, 0.15) is 24.1 Å². The molecule has 1 unspecified atom stereocenters. The fraction of sp³-hybridized carbons (Fsp3) is 0.526. The monoisotopic (exact) mass is 373 g/mol. The van der Waals surface area contributed by atoms with Gasteiger partial charge < -0.3 is 20.1 Å². The van der Waals surface area contributed by atoms with Gasteiger partial charge in [0.2, 0.25) is 0 Å². The van der Waals surface area contributed by atoms with Gasteiger partial charge in [0.15, 0.2) is 5.60 Å². The number of carbonyl (C=O) groups excluding carboxylic acids is 1. The largest absolute Gasteiger partial charge is 0.497 e. The summed E-state index contributed by atoms with van der Waals surface area (Å²) in [6, 6.07) is 7.65. The second-order valence-corrected chi connectivity index (χ2v) is 7.01. The molecule has 0 saturated carbocycles. The number of likely N-dealkylation sites (tertiary alicyclic amines) is 1. The lowest BCUT2D eigenvalue weighted by atomic mass is 9.91. The highest BCUT2D eigenvalue weighted by Crippen LogP contribution is 2.24. The summed E-state index contributed by atoms with van der Waals surface area (Å²) < 4.78 is 6.98. The molecule has 8 nitrogen and oxygen atoms in total. The summed E-state index contributed by atoms with van der Waals surface area (Å²) in [7, 11) is 1.62. The molecule has 1 atom stereocenters. The van der Waals surface area contributed by atoms with E-state index in [9.17, 15) is 9.90 Å². The topological polar surface area (TPSA) is 92.5 Å². The van der Waals surface area contributed by atoms with Crippen molar-refractivity contribution in [3.05, 3.63) is 41.7 Å². The number of hydrogen-bond acceptors (Lipinski definition) is 6. The predicted octanol–water partition coefficient (Wildman–Crippen LogP) is 0.738. The van der Waals surface area contributed by atoms with Gasteiger partial charge in [0, 0.05) is 32.4 Å². The van der Waals surface area contributed by atoms with Crippen molar-refractivity contribution in [2.75, 3.05) is 26.7 Å². The Morgan fingerprint density at radius 1 is 1.41 bits per heavy atom. The Morgan fingerprint density at radius 3 is 3.00 bits per heavy atom. The molecule has 0 aliphatic carbocycles. The van der Waals surface area contributed by atoms with E-state index in [1.54, 1.807) is 16.7 Å². The highest BCUT2D eigenvalue weighted by atomic mass is 16.5. The number of nitrogens with zero attached hydrogens (tertiary/aromatic N) is 4. The van der Waals surface area contributed by atoms with Crippen molar-refractivity contribution >= 4 is 5.91 Å². The molecule has 8 heteroatoms. The molecule has 2 aromatic rings. The molecule has 1 aliphatic heterocycles. The van der Waals surface area contributed by atoms with E-state index in [1.165, 1.54) is 0 Å². The van der Waals surface area contributed by atoms with Gasteiger partial charge in [-0.05, 0) is 37.5 Å². The molecule has 1 amide bonds. The molecule has 0 radical (unpaired) electrons. The van der Waals surface area contributed by atoms with Crippen molar-refractivity contribution in [1.29, 1.82) is 0 Å². The summed E-state index contributed by atoms with van der Waals surface area (Å²) in [6.07, 6.45) is 3.10. The minimum absolute atomic E-state index is 0.222. The van der Waals surface area contributed by atoms with Crippen molar-refractivity contribution in [2.24, 2.45) is 0 Å². The van der Waals surface area contributed by atoms with Crippen LogP contribution >= 0.6 is 0 Å². The summed E-state index contributed by atoms with van der Waals surface area (Å²) >= 11 is 0. The predicted molar refractivity (Wildman–Crippen MR) is 100 cm³/mol. The maximum atomic E-state index is 12.9. The number of rotatable bonds is 8. The Kier molecular flexibility index (Phi) is 6.08. The molecule has 27 heavy (non-hydrogen) atoms. The van der Waals surface area contributed by atoms with Gasteiger partial charge in [-0.15, -0.1) is 5.10 Å². The molecule has 1 aliphatic rings. The quantitative estimate of drug-likeness (QED) is 0.663. The summed E-state index contributed by atoms with van der Waals surface area (Å²) in [4.78, 5) is 14.6. The first kappa shape index (κ1) is 19.3. The van der Waals surface area contributed by atoms with E-state index < -0.39 is 5.60 Å². The Bertz CT molecular complexity index is 778. The zero-order chi connectivity index (χ0) is 19.3. The van der Waals surface area contributed by atoms with E-state index in [1.807, 2.05) is 37.4 Å². The average Bonchev–Trinajstić information content (AvgIpc) is 3.08. The third-order valence-electron chi connectivity index (χ3n) is 4.80. The SMILES string of the molecule is COc1cccc(CN2CCCC(O)(CNCCn3cc(C)nn3)C2=O)c1. The third kappa shape index (κ3) is 4.84. The van der Waals surface area contributed by atoms with Gasteiger partial charge in [0.05, 0.1) is 19.3 Å². The normalized spacial score (nSPS) is 20.1. The van der Waals surface area contributed by atoms with Gasteiger partial charge in [-0.2, -0.15) is 0 Å². The fourth-order valence-electron chi connectivity index (χ4n) is 3.36. The molecule has 0 bridgehead atoms. The van der Waals surface area contributed by atoms with Crippen LogP contribution in [-0.4, -0.2) is 63.3 Å². The second kappa shape index (κ2) is 8.49. The van der Waals surface area contributed by atoms with Crippen LogP contribution in [-0.2, 0) is 17.9 Å². The number of amides is 1. The number of aromatic nitrogens is 3. The summed E-state index contributed by atoms with van der Waals surface area (Å²) in [5.74, 6) is 0.540. The molecular weight excluding hydrogens is 346 g/mol. The van der Waals surface area contributed by atoms with Crippen LogP contribution in [0.4, 0.5) is 0 Å². The number of benzene rings is 1. The van der Waals surface area contributed by atoms with Crippen molar-refractivity contribution in [2.45, 2.75) is 38.5 Å². The van der Waals surface area contributed by atoms with E-state index in [-0.39, 0.29) is 12.5 Å². The molecule has 2 heterocycles. The first-order valence-corrected chi connectivity index (χ1v) is 9.22. The minimum Gasteiger partial charge on any atom is -0.497 e. The Morgan fingerprint density at radius 2 is 2.26 bits per heavy atom. The van der Waals surface area contributed by atoms with Crippen LogP contribution in [0.2, 0.25) is 0 Å². The van der Waals surface area contributed by atoms with Crippen LogP contribution in [0.3, 0.4) is 0 Å². The van der Waals surface area contributed by atoms with Crippen LogP contribution in [0.25, 0.3) is 0 Å². The molecular formula is C19H27N5O3. The van der Waals surface area contributed by atoms with Gasteiger partial charge in [-0.25, -0.2) is 0 Å². The van der Waals surface area contributed by atoms with E-state index in [2.05, 4.69) is 15.6 Å². The van der Waals surface area contributed by atoms with Crippen molar-refractivity contribution in [3.63, 3.8) is 0 Å². The Hall–Kier alpha value is -2.45. The maximum Gasteiger partial charge on any atom is 0.256 e. The van der Waals surface area contributed by atoms with Crippen molar-refractivity contribution < 1.29 is 14.6 Å². The Balaban J connectivity index is 1.54. The molecule has 1 saturated heterocycles. The van der Waals surface area contributed by atoms with Crippen molar-refractivity contribution in [1.82, 2.24) is 25.2 Å². The van der Waals surface area contributed by atoms with Crippen LogP contribution < -0.4 is 10.1 Å². The standard InChI is InChI=1S/C19H27N5O3/c1-15-12-24(22-21-15)10-8-20-14-19(26)7-4-9-23(18(19)25)13-16-5-3-6-17(11-16)27-2/h3,5-6,11-12,20,26H,4,7-10,13-14H2,1-2H3. The fourth-order valence-corrected chi connectivity index (χ4v) is 3.36. The summed E-state index contributed by atoms with van der Waals surface area (Å²) in [5.41, 5.74) is 0.487. The number of ether oxygens (including phenoxy) is 1. The zero-order valence-corrected chi connectivity index (χ0v) is 15.9. The number of piperidine rings is 1.